The Hall–Kier alpha value is -1.57. The fourth-order valence-electron chi connectivity index (χ4n) is 3.04. The second-order valence-corrected chi connectivity index (χ2v) is 8.35. The zero-order valence-corrected chi connectivity index (χ0v) is 20.2. The van der Waals surface area contributed by atoms with Gasteiger partial charge in [0.05, 0.1) is 17.3 Å². The zero-order chi connectivity index (χ0) is 21.0. The van der Waals surface area contributed by atoms with Crippen molar-refractivity contribution < 1.29 is 9.53 Å². The quantitative estimate of drug-likeness (QED) is 0.389. The first-order chi connectivity index (χ1) is 13.9. The minimum atomic E-state index is -0.174. The van der Waals surface area contributed by atoms with Crippen molar-refractivity contribution in [1.82, 2.24) is 9.88 Å². The molecule has 1 aromatic heterocycles. The molecule has 5 nitrogen and oxygen atoms in total. The lowest BCUT2D eigenvalue weighted by Gasteiger charge is -2.24. The molecule has 9 heteroatoms. The second-order valence-electron chi connectivity index (χ2n) is 6.47. The number of hydrogen-bond donors (Lipinski definition) is 0. The Balaban J connectivity index is 0.00000320. The molecule has 30 heavy (non-hydrogen) atoms. The summed E-state index contributed by atoms with van der Waals surface area (Å²) in [4.78, 5) is 22.0. The second kappa shape index (κ2) is 11.2. The van der Waals surface area contributed by atoms with Gasteiger partial charge in [-0.2, -0.15) is 0 Å². The Kier molecular flexibility index (Phi) is 9.19. The SMILES string of the molecule is CCN(CC)CCN(C(=O)c1cc(Cl)cc(Cl)c1)c1nc2cc(OC)ccc2s1.Cl. The number of fused-ring (bicyclic) bond motifs is 1. The number of ether oxygens (including phenoxy) is 1. The summed E-state index contributed by atoms with van der Waals surface area (Å²) in [6.45, 7) is 7.30. The summed E-state index contributed by atoms with van der Waals surface area (Å²) in [6, 6.07) is 10.6. The van der Waals surface area contributed by atoms with Crippen LogP contribution in [-0.2, 0) is 0 Å². The molecule has 0 spiro atoms. The Morgan fingerprint density at radius 3 is 2.33 bits per heavy atom. The van der Waals surface area contributed by atoms with Gasteiger partial charge in [-0.15, -0.1) is 12.4 Å². The average molecular weight is 489 g/mol. The van der Waals surface area contributed by atoms with Gasteiger partial charge in [0.15, 0.2) is 5.13 Å². The fraction of sp³-hybridized carbons (Fsp3) is 0.333. The summed E-state index contributed by atoms with van der Waals surface area (Å²) in [5.74, 6) is 0.560. The number of methoxy groups -OCH3 is 1. The van der Waals surface area contributed by atoms with Crippen LogP contribution < -0.4 is 9.64 Å². The van der Waals surface area contributed by atoms with E-state index in [1.807, 2.05) is 18.2 Å². The predicted octanol–water partition coefficient (Wildman–Crippen LogP) is 6.02. The fourth-order valence-corrected chi connectivity index (χ4v) is 4.53. The number of thiazole rings is 1. The molecule has 0 atom stereocenters. The molecule has 0 aliphatic rings. The highest BCUT2D eigenvalue weighted by Gasteiger charge is 2.22. The molecule has 0 aliphatic heterocycles. The van der Waals surface area contributed by atoms with Crippen molar-refractivity contribution >= 4 is 68.2 Å². The van der Waals surface area contributed by atoms with E-state index in [0.717, 1.165) is 35.6 Å². The van der Waals surface area contributed by atoms with Crippen LogP contribution in [0.5, 0.6) is 5.75 Å². The number of hydrogen-bond acceptors (Lipinski definition) is 5. The van der Waals surface area contributed by atoms with E-state index in [1.165, 1.54) is 11.3 Å². The standard InChI is InChI=1S/C21H23Cl2N3O2S.ClH/c1-4-25(5-2)8-9-26(20(27)14-10-15(22)12-16(23)11-14)21-24-18-13-17(28-3)6-7-19(18)29-21;/h6-7,10-13H,4-5,8-9H2,1-3H3;1H. The number of benzene rings is 2. The van der Waals surface area contributed by atoms with Crippen molar-refractivity contribution in [3.05, 3.63) is 52.0 Å². The molecule has 0 bridgehead atoms. The van der Waals surface area contributed by atoms with Crippen molar-refractivity contribution in [2.75, 3.05) is 38.2 Å². The molecule has 3 rings (SSSR count). The maximum absolute atomic E-state index is 13.4. The van der Waals surface area contributed by atoms with E-state index < -0.39 is 0 Å². The number of likely N-dealkylation sites (N-methyl/N-ethyl adjacent to an activating group) is 1. The van der Waals surface area contributed by atoms with Gasteiger partial charge in [0.2, 0.25) is 0 Å². The van der Waals surface area contributed by atoms with Gasteiger partial charge in [-0.1, -0.05) is 48.4 Å². The molecule has 0 saturated carbocycles. The van der Waals surface area contributed by atoms with E-state index in [-0.39, 0.29) is 18.3 Å². The summed E-state index contributed by atoms with van der Waals surface area (Å²) >= 11 is 13.7. The van der Waals surface area contributed by atoms with Crippen molar-refractivity contribution in [1.29, 1.82) is 0 Å². The van der Waals surface area contributed by atoms with Crippen LogP contribution in [0.3, 0.4) is 0 Å². The van der Waals surface area contributed by atoms with Gasteiger partial charge in [0.1, 0.15) is 5.75 Å². The molecule has 1 heterocycles. The smallest absolute Gasteiger partial charge is 0.260 e. The highest BCUT2D eigenvalue weighted by molar-refractivity contribution is 7.22. The largest absolute Gasteiger partial charge is 0.497 e. The first-order valence-corrected chi connectivity index (χ1v) is 11.0. The zero-order valence-electron chi connectivity index (χ0n) is 17.0. The van der Waals surface area contributed by atoms with Crippen molar-refractivity contribution in [2.45, 2.75) is 13.8 Å². The highest BCUT2D eigenvalue weighted by Crippen LogP contribution is 2.32. The molecule has 0 aliphatic carbocycles. The van der Waals surface area contributed by atoms with E-state index >= 15 is 0 Å². The van der Waals surface area contributed by atoms with Crippen LogP contribution in [0, 0.1) is 0 Å². The van der Waals surface area contributed by atoms with Crippen LogP contribution in [0.25, 0.3) is 10.2 Å². The lowest BCUT2D eigenvalue weighted by Crippen LogP contribution is -2.38. The first-order valence-electron chi connectivity index (χ1n) is 9.40. The lowest BCUT2D eigenvalue weighted by atomic mass is 10.2. The van der Waals surface area contributed by atoms with E-state index in [4.69, 9.17) is 32.9 Å². The summed E-state index contributed by atoms with van der Waals surface area (Å²) in [5, 5.41) is 1.50. The Morgan fingerprint density at radius 1 is 1.07 bits per heavy atom. The van der Waals surface area contributed by atoms with Crippen molar-refractivity contribution in [2.24, 2.45) is 0 Å². The van der Waals surface area contributed by atoms with E-state index in [9.17, 15) is 4.79 Å². The number of halogens is 3. The van der Waals surface area contributed by atoms with Crippen LogP contribution in [0.15, 0.2) is 36.4 Å². The molecule has 2 aromatic carbocycles. The molecule has 0 fully saturated rings. The number of carbonyl (C=O) groups is 1. The normalized spacial score (nSPS) is 10.9. The van der Waals surface area contributed by atoms with Crippen molar-refractivity contribution in [3.8, 4) is 5.75 Å². The van der Waals surface area contributed by atoms with Gasteiger partial charge in [-0.05, 0) is 43.4 Å². The molecule has 1 amide bonds. The summed E-state index contributed by atoms with van der Waals surface area (Å²) in [7, 11) is 1.62. The molecule has 0 saturated heterocycles. The average Bonchev–Trinajstić information content (AvgIpc) is 3.12. The van der Waals surface area contributed by atoms with E-state index in [1.54, 1.807) is 30.2 Å². The van der Waals surface area contributed by atoms with Crippen LogP contribution in [0.2, 0.25) is 10.0 Å². The molecular formula is C21H24Cl3N3O2S. The third kappa shape index (κ3) is 5.77. The minimum absolute atomic E-state index is 0. The number of aromatic nitrogens is 1. The van der Waals surface area contributed by atoms with Gasteiger partial charge in [-0.3, -0.25) is 9.69 Å². The number of amides is 1. The van der Waals surface area contributed by atoms with Crippen LogP contribution >= 0.6 is 46.9 Å². The van der Waals surface area contributed by atoms with Gasteiger partial charge in [-0.25, -0.2) is 4.98 Å². The van der Waals surface area contributed by atoms with Gasteiger partial charge >= 0.3 is 0 Å². The predicted molar refractivity (Wildman–Crippen MR) is 129 cm³/mol. The first kappa shape index (κ1) is 24.7. The van der Waals surface area contributed by atoms with Crippen molar-refractivity contribution in [3.63, 3.8) is 0 Å². The highest BCUT2D eigenvalue weighted by atomic mass is 35.5. The number of rotatable bonds is 8. The summed E-state index contributed by atoms with van der Waals surface area (Å²) in [6.07, 6.45) is 0. The molecular weight excluding hydrogens is 465 g/mol. The Bertz CT molecular complexity index is 988. The summed E-state index contributed by atoms with van der Waals surface area (Å²) in [5.41, 5.74) is 1.24. The summed E-state index contributed by atoms with van der Waals surface area (Å²) < 4.78 is 6.28. The van der Waals surface area contributed by atoms with Crippen LogP contribution in [0.4, 0.5) is 5.13 Å². The number of carbonyl (C=O) groups excluding carboxylic acids is 1. The molecule has 162 valence electrons. The lowest BCUT2D eigenvalue weighted by molar-refractivity contribution is 0.0984. The molecule has 0 unspecified atom stereocenters. The monoisotopic (exact) mass is 487 g/mol. The topological polar surface area (TPSA) is 45.7 Å². The van der Waals surface area contributed by atoms with E-state index in [2.05, 4.69) is 18.7 Å². The Labute approximate surface area is 197 Å². The molecule has 0 radical (unpaired) electrons. The van der Waals surface area contributed by atoms with Crippen LogP contribution in [-0.4, -0.2) is 49.1 Å². The number of nitrogens with zero attached hydrogens (tertiary/aromatic N) is 3. The van der Waals surface area contributed by atoms with Crippen LogP contribution in [0.1, 0.15) is 24.2 Å². The van der Waals surface area contributed by atoms with E-state index in [0.29, 0.717) is 27.3 Å². The maximum atomic E-state index is 13.4. The molecule has 3 aromatic rings. The Morgan fingerprint density at radius 2 is 1.73 bits per heavy atom. The number of anilines is 1. The maximum Gasteiger partial charge on any atom is 0.260 e. The van der Waals surface area contributed by atoms with Gasteiger partial charge in [0, 0.05) is 34.8 Å². The minimum Gasteiger partial charge on any atom is -0.497 e. The third-order valence-corrected chi connectivity index (χ3v) is 6.20. The molecule has 0 N–H and O–H groups in total. The van der Waals surface area contributed by atoms with Gasteiger partial charge < -0.3 is 9.64 Å². The van der Waals surface area contributed by atoms with Gasteiger partial charge in [0.25, 0.3) is 5.91 Å². The third-order valence-electron chi connectivity index (χ3n) is 4.70.